The van der Waals surface area contributed by atoms with E-state index in [1.807, 2.05) is 26.8 Å². The van der Waals surface area contributed by atoms with Gasteiger partial charge in [0.2, 0.25) is 0 Å². The van der Waals surface area contributed by atoms with Gasteiger partial charge in [-0.05, 0) is 39.8 Å². The highest BCUT2D eigenvalue weighted by Gasteiger charge is 2.30. The van der Waals surface area contributed by atoms with Gasteiger partial charge in [0.25, 0.3) is 0 Å². The second kappa shape index (κ2) is 7.31. The Morgan fingerprint density at radius 2 is 1.89 bits per heavy atom. The second-order valence-electron chi connectivity index (χ2n) is 7.86. The number of carbonyl (C=O) groups is 1. The van der Waals surface area contributed by atoms with Crippen LogP contribution in [0.2, 0.25) is 0 Å². The minimum Gasteiger partial charge on any atom is -0.504 e. The van der Waals surface area contributed by atoms with Crippen molar-refractivity contribution in [2.75, 3.05) is 33.3 Å². The Morgan fingerprint density at radius 3 is 2.48 bits per heavy atom. The number of hydrogen-bond acceptors (Lipinski definition) is 6. The molecule has 1 unspecified atom stereocenters. The maximum absolute atomic E-state index is 12.3. The van der Waals surface area contributed by atoms with Crippen LogP contribution in [0.3, 0.4) is 0 Å². The minimum absolute atomic E-state index is 0.00925. The maximum atomic E-state index is 12.3. The lowest BCUT2D eigenvalue weighted by atomic mass is 10.0. The highest BCUT2D eigenvalue weighted by molar-refractivity contribution is 5.88. The second-order valence-corrected chi connectivity index (χ2v) is 7.86. The summed E-state index contributed by atoms with van der Waals surface area (Å²) >= 11 is 0. The molecule has 3 rings (SSSR count). The number of hydrogen-bond donors (Lipinski definition) is 1. The third-order valence-corrected chi connectivity index (χ3v) is 4.87. The molecule has 7 heteroatoms. The lowest BCUT2D eigenvalue weighted by molar-refractivity contribution is 0.0109. The number of furan rings is 1. The van der Waals surface area contributed by atoms with Crippen LogP contribution in [-0.2, 0) is 4.74 Å². The molecule has 1 N–H and O–H groups in total. The van der Waals surface area contributed by atoms with Gasteiger partial charge in [0, 0.05) is 32.2 Å². The normalized spacial score (nSPS) is 17.1. The third kappa shape index (κ3) is 3.98. The van der Waals surface area contributed by atoms with Crippen molar-refractivity contribution in [1.29, 1.82) is 0 Å². The summed E-state index contributed by atoms with van der Waals surface area (Å²) in [4.78, 5) is 16.3. The molecule has 1 aromatic carbocycles. The number of ether oxygens (including phenoxy) is 2. The van der Waals surface area contributed by atoms with Crippen LogP contribution in [0, 0.1) is 0 Å². The van der Waals surface area contributed by atoms with Crippen LogP contribution in [0.4, 0.5) is 4.79 Å². The Hall–Kier alpha value is -2.41. The SMILES string of the molecule is COc1ccc2c(O)coc2c1C(C)N1CCN(C(=O)OC(C)(C)C)CC1. The Morgan fingerprint density at radius 1 is 1.22 bits per heavy atom. The fraction of sp³-hybridized carbons (Fsp3) is 0.550. The van der Waals surface area contributed by atoms with Gasteiger partial charge in [-0.1, -0.05) is 0 Å². The quantitative estimate of drug-likeness (QED) is 0.879. The van der Waals surface area contributed by atoms with E-state index in [-0.39, 0.29) is 17.9 Å². The van der Waals surface area contributed by atoms with E-state index in [9.17, 15) is 9.90 Å². The summed E-state index contributed by atoms with van der Waals surface area (Å²) in [7, 11) is 1.63. The standard InChI is InChI=1S/C20H28N2O5/c1-13(17-16(25-5)7-6-14-15(23)12-26-18(14)17)21-8-10-22(11-9-21)19(24)27-20(2,3)4/h6-7,12-13,23H,8-11H2,1-5H3. The van der Waals surface area contributed by atoms with Crippen molar-refractivity contribution in [3.63, 3.8) is 0 Å². The molecular formula is C20H28N2O5. The number of aromatic hydroxyl groups is 1. The van der Waals surface area contributed by atoms with Gasteiger partial charge in [-0.2, -0.15) is 0 Å². The zero-order valence-electron chi connectivity index (χ0n) is 16.6. The Bertz CT molecular complexity index is 816. The topological polar surface area (TPSA) is 75.4 Å². The molecule has 2 aromatic rings. The van der Waals surface area contributed by atoms with Crippen LogP contribution in [0.5, 0.6) is 11.5 Å². The van der Waals surface area contributed by atoms with E-state index in [2.05, 4.69) is 11.8 Å². The Balaban J connectivity index is 1.76. The number of amides is 1. The van der Waals surface area contributed by atoms with E-state index in [1.165, 1.54) is 6.26 Å². The number of benzene rings is 1. The van der Waals surface area contributed by atoms with Crippen molar-refractivity contribution in [2.45, 2.75) is 39.3 Å². The summed E-state index contributed by atoms with van der Waals surface area (Å²) in [5.41, 5.74) is 1.04. The molecule has 1 fully saturated rings. The minimum atomic E-state index is -0.494. The summed E-state index contributed by atoms with van der Waals surface area (Å²) in [6.07, 6.45) is 1.08. The van der Waals surface area contributed by atoms with E-state index >= 15 is 0 Å². The number of nitrogens with zero attached hydrogens (tertiary/aromatic N) is 2. The third-order valence-electron chi connectivity index (χ3n) is 4.87. The molecule has 1 saturated heterocycles. The van der Waals surface area contributed by atoms with Crippen molar-refractivity contribution in [3.8, 4) is 11.5 Å². The largest absolute Gasteiger partial charge is 0.504 e. The summed E-state index contributed by atoms with van der Waals surface area (Å²) in [6.45, 7) is 10.3. The maximum Gasteiger partial charge on any atom is 0.410 e. The number of rotatable bonds is 3. The van der Waals surface area contributed by atoms with Crippen LogP contribution < -0.4 is 4.74 Å². The molecule has 27 heavy (non-hydrogen) atoms. The first-order valence-electron chi connectivity index (χ1n) is 9.20. The molecule has 1 amide bonds. The zero-order chi connectivity index (χ0) is 19.8. The van der Waals surface area contributed by atoms with Crippen LogP contribution in [0.1, 0.15) is 39.3 Å². The molecule has 0 radical (unpaired) electrons. The number of piperazine rings is 1. The van der Waals surface area contributed by atoms with Crippen LogP contribution in [-0.4, -0.2) is 59.9 Å². The van der Waals surface area contributed by atoms with Gasteiger partial charge in [-0.15, -0.1) is 0 Å². The van der Waals surface area contributed by atoms with Crippen LogP contribution >= 0.6 is 0 Å². The van der Waals surface area contributed by atoms with Gasteiger partial charge >= 0.3 is 6.09 Å². The Labute approximate surface area is 159 Å². The highest BCUT2D eigenvalue weighted by Crippen LogP contribution is 2.40. The molecule has 1 aliphatic heterocycles. The number of methoxy groups -OCH3 is 1. The molecule has 1 aliphatic rings. The molecule has 1 atom stereocenters. The molecular weight excluding hydrogens is 348 g/mol. The summed E-state index contributed by atoms with van der Waals surface area (Å²) < 4.78 is 16.6. The summed E-state index contributed by atoms with van der Waals surface area (Å²) in [5, 5.41) is 10.6. The monoisotopic (exact) mass is 376 g/mol. The van der Waals surface area contributed by atoms with E-state index in [1.54, 1.807) is 18.1 Å². The van der Waals surface area contributed by atoms with E-state index in [0.717, 1.165) is 11.3 Å². The van der Waals surface area contributed by atoms with Gasteiger partial charge in [0.1, 0.15) is 23.2 Å². The average Bonchev–Trinajstić information content (AvgIpc) is 3.00. The van der Waals surface area contributed by atoms with Gasteiger partial charge < -0.3 is 23.9 Å². The van der Waals surface area contributed by atoms with E-state index in [0.29, 0.717) is 37.1 Å². The lowest BCUT2D eigenvalue weighted by Gasteiger charge is -2.38. The average molecular weight is 376 g/mol. The summed E-state index contributed by atoms with van der Waals surface area (Å²) in [6, 6.07) is 3.65. The predicted octanol–water partition coefficient (Wildman–Crippen LogP) is 3.76. The van der Waals surface area contributed by atoms with Crippen molar-refractivity contribution >= 4 is 17.1 Å². The molecule has 7 nitrogen and oxygen atoms in total. The van der Waals surface area contributed by atoms with Gasteiger partial charge in [0.05, 0.1) is 18.1 Å². The van der Waals surface area contributed by atoms with Crippen molar-refractivity contribution in [1.82, 2.24) is 9.80 Å². The van der Waals surface area contributed by atoms with Gasteiger partial charge in [-0.25, -0.2) is 4.79 Å². The van der Waals surface area contributed by atoms with Crippen LogP contribution in [0.15, 0.2) is 22.8 Å². The molecule has 0 saturated carbocycles. The van der Waals surface area contributed by atoms with E-state index in [4.69, 9.17) is 13.9 Å². The molecule has 148 valence electrons. The predicted molar refractivity (Wildman–Crippen MR) is 102 cm³/mol. The Kier molecular flexibility index (Phi) is 5.24. The first-order chi connectivity index (χ1) is 12.7. The summed E-state index contributed by atoms with van der Waals surface area (Å²) in [5.74, 6) is 0.842. The molecule has 0 spiro atoms. The lowest BCUT2D eigenvalue weighted by Crippen LogP contribution is -2.50. The van der Waals surface area contributed by atoms with Crippen molar-refractivity contribution in [2.24, 2.45) is 0 Å². The zero-order valence-corrected chi connectivity index (χ0v) is 16.6. The fourth-order valence-corrected chi connectivity index (χ4v) is 3.46. The van der Waals surface area contributed by atoms with E-state index < -0.39 is 5.60 Å². The smallest absolute Gasteiger partial charge is 0.410 e. The van der Waals surface area contributed by atoms with Crippen LogP contribution in [0.25, 0.3) is 11.0 Å². The fourth-order valence-electron chi connectivity index (χ4n) is 3.46. The molecule has 0 bridgehead atoms. The van der Waals surface area contributed by atoms with Gasteiger partial charge in [-0.3, -0.25) is 4.90 Å². The first-order valence-corrected chi connectivity index (χ1v) is 9.20. The molecule has 0 aliphatic carbocycles. The van der Waals surface area contributed by atoms with Gasteiger partial charge in [0.15, 0.2) is 5.75 Å². The highest BCUT2D eigenvalue weighted by atomic mass is 16.6. The number of fused-ring (bicyclic) bond motifs is 1. The van der Waals surface area contributed by atoms with Crippen molar-refractivity contribution in [3.05, 3.63) is 24.0 Å². The first kappa shape index (κ1) is 19.4. The van der Waals surface area contributed by atoms with Crippen molar-refractivity contribution < 1.29 is 23.8 Å². The molecule has 1 aromatic heterocycles. The molecule has 2 heterocycles. The number of carbonyl (C=O) groups excluding carboxylic acids is 1.